The molecule has 0 saturated carbocycles. The Morgan fingerprint density at radius 1 is 1.14 bits per heavy atom. The largest absolute Gasteiger partial charge is 0.493 e. The molecule has 2 aromatic carbocycles. The molecule has 1 fully saturated rings. The van der Waals surface area contributed by atoms with E-state index in [0.29, 0.717) is 24.0 Å². The van der Waals surface area contributed by atoms with Gasteiger partial charge in [-0.05, 0) is 55.5 Å². The lowest BCUT2D eigenvalue weighted by Crippen LogP contribution is -2.41. The minimum absolute atomic E-state index is 0.0000175. The Kier molecular flexibility index (Phi) is 7.31. The second-order valence-corrected chi connectivity index (χ2v) is 7.41. The molecular formula is C23H30N2O3. The third-order valence-corrected chi connectivity index (χ3v) is 5.27. The van der Waals surface area contributed by atoms with Gasteiger partial charge in [-0.15, -0.1) is 0 Å². The molecule has 1 N–H and O–H groups in total. The molecule has 5 heteroatoms. The van der Waals surface area contributed by atoms with Crippen molar-refractivity contribution in [3.05, 3.63) is 59.7 Å². The summed E-state index contributed by atoms with van der Waals surface area (Å²) in [5.74, 6) is 1.60. The number of nitrogens with one attached hydrogen (secondary N) is 1. The number of likely N-dealkylation sites (tertiary alicyclic amines) is 1. The highest BCUT2D eigenvalue weighted by atomic mass is 16.5. The number of carbonyl (C=O) groups is 1. The highest BCUT2D eigenvalue weighted by Crippen LogP contribution is 2.25. The highest BCUT2D eigenvalue weighted by Gasteiger charge is 2.21. The van der Waals surface area contributed by atoms with Crippen LogP contribution in [0.4, 0.5) is 0 Å². The second kappa shape index (κ2) is 10.1. The van der Waals surface area contributed by atoms with E-state index in [0.717, 1.165) is 26.1 Å². The predicted molar refractivity (Wildman–Crippen MR) is 111 cm³/mol. The SMILES string of the molecule is COc1ccccc1OCC(=O)NC[C@@H]1CCCN(Cc2ccccc2C)C1. The van der Waals surface area contributed by atoms with E-state index in [2.05, 4.69) is 41.4 Å². The molecule has 1 aliphatic rings. The fraction of sp³-hybridized carbons (Fsp3) is 0.435. The van der Waals surface area contributed by atoms with Gasteiger partial charge in [0.15, 0.2) is 18.1 Å². The zero-order chi connectivity index (χ0) is 19.8. The first kappa shape index (κ1) is 20.2. The van der Waals surface area contributed by atoms with Crippen LogP contribution in [0.15, 0.2) is 48.5 Å². The third-order valence-electron chi connectivity index (χ3n) is 5.27. The number of methoxy groups -OCH3 is 1. The van der Waals surface area contributed by atoms with E-state index in [1.807, 2.05) is 18.2 Å². The van der Waals surface area contributed by atoms with Crippen molar-refractivity contribution in [3.63, 3.8) is 0 Å². The van der Waals surface area contributed by atoms with Crippen LogP contribution >= 0.6 is 0 Å². The summed E-state index contributed by atoms with van der Waals surface area (Å²) in [6.07, 6.45) is 2.32. The van der Waals surface area contributed by atoms with E-state index in [4.69, 9.17) is 9.47 Å². The minimum atomic E-state index is -0.0954. The lowest BCUT2D eigenvalue weighted by atomic mass is 9.97. The second-order valence-electron chi connectivity index (χ2n) is 7.41. The summed E-state index contributed by atoms with van der Waals surface area (Å²) in [7, 11) is 1.59. The van der Waals surface area contributed by atoms with Crippen molar-refractivity contribution in [2.45, 2.75) is 26.3 Å². The summed E-state index contributed by atoms with van der Waals surface area (Å²) in [4.78, 5) is 14.7. The number of para-hydroxylation sites is 2. The van der Waals surface area contributed by atoms with E-state index < -0.39 is 0 Å². The summed E-state index contributed by atoms with van der Waals surface area (Å²) in [5, 5.41) is 3.02. The van der Waals surface area contributed by atoms with E-state index in [-0.39, 0.29) is 12.5 Å². The molecule has 0 spiro atoms. The monoisotopic (exact) mass is 382 g/mol. The summed E-state index contributed by atoms with van der Waals surface area (Å²) < 4.78 is 10.8. The van der Waals surface area contributed by atoms with E-state index in [9.17, 15) is 4.79 Å². The number of benzene rings is 2. The van der Waals surface area contributed by atoms with Gasteiger partial charge in [0.2, 0.25) is 0 Å². The Balaban J connectivity index is 1.42. The van der Waals surface area contributed by atoms with Crippen LogP contribution in [0.25, 0.3) is 0 Å². The highest BCUT2D eigenvalue weighted by molar-refractivity contribution is 5.77. The number of ether oxygens (including phenoxy) is 2. The first-order valence-electron chi connectivity index (χ1n) is 9.95. The van der Waals surface area contributed by atoms with Crippen LogP contribution in [-0.4, -0.2) is 44.2 Å². The average molecular weight is 383 g/mol. The van der Waals surface area contributed by atoms with Crippen LogP contribution < -0.4 is 14.8 Å². The molecule has 0 bridgehead atoms. The van der Waals surface area contributed by atoms with Crippen LogP contribution in [0.5, 0.6) is 11.5 Å². The number of rotatable bonds is 8. The average Bonchev–Trinajstić information content (AvgIpc) is 2.73. The van der Waals surface area contributed by atoms with Gasteiger partial charge < -0.3 is 14.8 Å². The number of hydrogen-bond donors (Lipinski definition) is 1. The summed E-state index contributed by atoms with van der Waals surface area (Å²) >= 11 is 0. The smallest absolute Gasteiger partial charge is 0.257 e. The van der Waals surface area contributed by atoms with E-state index in [1.165, 1.54) is 17.5 Å². The number of carbonyl (C=O) groups excluding carboxylic acids is 1. The Labute approximate surface area is 167 Å². The first-order chi connectivity index (χ1) is 13.7. The lowest BCUT2D eigenvalue weighted by Gasteiger charge is -2.33. The van der Waals surface area contributed by atoms with Gasteiger partial charge in [0.1, 0.15) is 0 Å². The molecule has 0 aromatic heterocycles. The van der Waals surface area contributed by atoms with Gasteiger partial charge >= 0.3 is 0 Å². The van der Waals surface area contributed by atoms with Gasteiger partial charge in [-0.2, -0.15) is 0 Å². The molecule has 0 unspecified atom stereocenters. The van der Waals surface area contributed by atoms with E-state index >= 15 is 0 Å². The van der Waals surface area contributed by atoms with Crippen molar-refractivity contribution >= 4 is 5.91 Å². The Morgan fingerprint density at radius 2 is 1.89 bits per heavy atom. The Hall–Kier alpha value is -2.53. The molecule has 1 amide bonds. The molecule has 2 aromatic rings. The zero-order valence-corrected chi connectivity index (χ0v) is 16.8. The predicted octanol–water partition coefficient (Wildman–Crippen LogP) is 3.41. The molecular weight excluding hydrogens is 352 g/mol. The maximum Gasteiger partial charge on any atom is 0.257 e. The normalized spacial score (nSPS) is 17.1. The Morgan fingerprint density at radius 3 is 2.68 bits per heavy atom. The molecule has 1 atom stereocenters. The van der Waals surface area contributed by atoms with Gasteiger partial charge in [-0.1, -0.05) is 36.4 Å². The number of aryl methyl sites for hydroxylation is 1. The molecule has 1 aliphatic heterocycles. The van der Waals surface area contributed by atoms with Crippen LogP contribution in [0.1, 0.15) is 24.0 Å². The van der Waals surface area contributed by atoms with Crippen LogP contribution in [0.3, 0.4) is 0 Å². The molecule has 3 rings (SSSR count). The summed E-state index contributed by atoms with van der Waals surface area (Å²) in [6, 6.07) is 15.9. The van der Waals surface area contributed by atoms with Crippen molar-refractivity contribution in [2.24, 2.45) is 5.92 Å². The summed E-state index contributed by atoms with van der Waals surface area (Å²) in [6.45, 7) is 5.98. The first-order valence-corrected chi connectivity index (χ1v) is 9.95. The standard InChI is InChI=1S/C23H30N2O3/c1-18-8-3-4-10-20(18)16-25-13-7-9-19(15-25)14-24-23(26)17-28-22-12-6-5-11-21(22)27-2/h3-6,8,10-12,19H,7,9,13-17H2,1-2H3,(H,24,26)/t19-/m0/s1. The van der Waals surface area contributed by atoms with Crippen molar-refractivity contribution in [3.8, 4) is 11.5 Å². The number of nitrogens with zero attached hydrogens (tertiary/aromatic N) is 1. The van der Waals surface area contributed by atoms with Crippen LogP contribution in [0, 0.1) is 12.8 Å². The van der Waals surface area contributed by atoms with Gasteiger partial charge in [-0.3, -0.25) is 9.69 Å². The number of amides is 1. The molecule has 1 heterocycles. The maximum absolute atomic E-state index is 12.2. The van der Waals surface area contributed by atoms with Crippen molar-refractivity contribution < 1.29 is 14.3 Å². The van der Waals surface area contributed by atoms with Crippen molar-refractivity contribution in [2.75, 3.05) is 33.4 Å². The quantitative estimate of drug-likeness (QED) is 0.760. The van der Waals surface area contributed by atoms with Crippen molar-refractivity contribution in [1.82, 2.24) is 10.2 Å². The van der Waals surface area contributed by atoms with Gasteiger partial charge in [0, 0.05) is 19.6 Å². The lowest BCUT2D eigenvalue weighted by molar-refractivity contribution is -0.123. The molecule has 0 radical (unpaired) electrons. The molecule has 28 heavy (non-hydrogen) atoms. The maximum atomic E-state index is 12.2. The van der Waals surface area contributed by atoms with Crippen LogP contribution in [-0.2, 0) is 11.3 Å². The Bertz CT molecular complexity index is 778. The van der Waals surface area contributed by atoms with Crippen molar-refractivity contribution in [1.29, 1.82) is 0 Å². The molecule has 1 saturated heterocycles. The zero-order valence-electron chi connectivity index (χ0n) is 16.8. The van der Waals surface area contributed by atoms with Crippen LogP contribution in [0.2, 0.25) is 0 Å². The third kappa shape index (κ3) is 5.73. The molecule has 150 valence electrons. The van der Waals surface area contributed by atoms with Gasteiger partial charge in [-0.25, -0.2) is 0 Å². The fourth-order valence-electron chi connectivity index (χ4n) is 3.68. The molecule has 5 nitrogen and oxygen atoms in total. The topological polar surface area (TPSA) is 50.8 Å². The molecule has 0 aliphatic carbocycles. The fourth-order valence-corrected chi connectivity index (χ4v) is 3.68. The number of piperidine rings is 1. The van der Waals surface area contributed by atoms with E-state index in [1.54, 1.807) is 13.2 Å². The van der Waals surface area contributed by atoms with Gasteiger partial charge in [0.05, 0.1) is 7.11 Å². The minimum Gasteiger partial charge on any atom is -0.493 e. The van der Waals surface area contributed by atoms with Gasteiger partial charge in [0.25, 0.3) is 5.91 Å². The number of hydrogen-bond acceptors (Lipinski definition) is 4. The summed E-state index contributed by atoms with van der Waals surface area (Å²) in [5.41, 5.74) is 2.73.